The third-order valence-corrected chi connectivity index (χ3v) is 4.65. The van der Waals surface area contributed by atoms with Crippen LogP contribution in [0.2, 0.25) is 0 Å². The van der Waals surface area contributed by atoms with Crippen molar-refractivity contribution >= 4 is 13.3 Å². The van der Waals surface area contributed by atoms with Gasteiger partial charge >= 0.3 is 0 Å². The standard InChI is InChI=1S/C16H23B/c1-10-5-7-14(8-6-10)15-9-11(2)16(17)13(4)12(15)3/h9-10,14H,5-8H2,1-4H3. The summed E-state index contributed by atoms with van der Waals surface area (Å²) in [5.74, 6) is 1.69. The molecule has 90 valence electrons. The van der Waals surface area contributed by atoms with E-state index in [0.29, 0.717) is 0 Å². The minimum absolute atomic E-state index is 0.768. The van der Waals surface area contributed by atoms with E-state index >= 15 is 0 Å². The van der Waals surface area contributed by atoms with E-state index in [0.717, 1.165) is 17.3 Å². The van der Waals surface area contributed by atoms with Crippen LogP contribution >= 0.6 is 0 Å². The van der Waals surface area contributed by atoms with E-state index in [1.54, 1.807) is 5.56 Å². The second kappa shape index (κ2) is 4.88. The molecular formula is C16H23B. The van der Waals surface area contributed by atoms with Crippen LogP contribution in [0, 0.1) is 26.7 Å². The Balaban J connectivity index is 2.33. The van der Waals surface area contributed by atoms with Crippen LogP contribution in [0.25, 0.3) is 0 Å². The summed E-state index contributed by atoms with van der Waals surface area (Å²) < 4.78 is 0. The van der Waals surface area contributed by atoms with E-state index < -0.39 is 0 Å². The van der Waals surface area contributed by atoms with Gasteiger partial charge in [0.05, 0.1) is 0 Å². The van der Waals surface area contributed by atoms with Crippen molar-refractivity contribution in [2.75, 3.05) is 0 Å². The van der Waals surface area contributed by atoms with E-state index in [-0.39, 0.29) is 0 Å². The first-order valence-electron chi connectivity index (χ1n) is 6.87. The van der Waals surface area contributed by atoms with Crippen molar-refractivity contribution < 1.29 is 0 Å². The molecule has 1 aliphatic rings. The summed E-state index contributed by atoms with van der Waals surface area (Å²) in [7, 11) is 6.10. The van der Waals surface area contributed by atoms with Crippen molar-refractivity contribution in [3.05, 3.63) is 28.3 Å². The molecule has 0 saturated heterocycles. The van der Waals surface area contributed by atoms with Crippen molar-refractivity contribution in [1.82, 2.24) is 0 Å². The maximum Gasteiger partial charge on any atom is 0.114 e. The Bertz CT molecular complexity index is 412. The highest BCUT2D eigenvalue weighted by Gasteiger charge is 2.22. The summed E-state index contributed by atoms with van der Waals surface area (Å²) in [4.78, 5) is 0. The zero-order chi connectivity index (χ0) is 12.6. The van der Waals surface area contributed by atoms with Crippen LogP contribution in [0.4, 0.5) is 0 Å². The van der Waals surface area contributed by atoms with Gasteiger partial charge in [0.2, 0.25) is 0 Å². The van der Waals surface area contributed by atoms with E-state index in [1.807, 2.05) is 0 Å². The Morgan fingerprint density at radius 2 is 1.59 bits per heavy atom. The van der Waals surface area contributed by atoms with E-state index in [1.165, 1.54) is 42.4 Å². The zero-order valence-electron chi connectivity index (χ0n) is 11.6. The largest absolute Gasteiger partial charge is 0.114 e. The molecule has 1 heteroatoms. The fourth-order valence-electron chi connectivity index (χ4n) is 3.13. The first-order valence-corrected chi connectivity index (χ1v) is 6.87. The lowest BCUT2D eigenvalue weighted by molar-refractivity contribution is 0.347. The molecule has 1 aromatic carbocycles. The summed E-state index contributed by atoms with van der Waals surface area (Å²) >= 11 is 0. The van der Waals surface area contributed by atoms with Gasteiger partial charge < -0.3 is 0 Å². The molecule has 0 N–H and O–H groups in total. The van der Waals surface area contributed by atoms with E-state index in [4.69, 9.17) is 7.85 Å². The molecule has 0 unspecified atom stereocenters. The molecule has 2 rings (SSSR count). The molecule has 2 radical (unpaired) electrons. The van der Waals surface area contributed by atoms with Crippen molar-refractivity contribution in [3.8, 4) is 0 Å². The van der Waals surface area contributed by atoms with Crippen LogP contribution in [-0.2, 0) is 0 Å². The fourth-order valence-corrected chi connectivity index (χ4v) is 3.13. The fraction of sp³-hybridized carbons (Fsp3) is 0.625. The third-order valence-electron chi connectivity index (χ3n) is 4.65. The Labute approximate surface area is 107 Å². The minimum atomic E-state index is 0.768. The molecule has 0 aliphatic heterocycles. The van der Waals surface area contributed by atoms with E-state index in [9.17, 15) is 0 Å². The third kappa shape index (κ3) is 2.43. The average molecular weight is 226 g/mol. The lowest BCUT2D eigenvalue weighted by Crippen LogP contribution is -2.18. The van der Waals surface area contributed by atoms with Gasteiger partial charge in [0.1, 0.15) is 7.85 Å². The van der Waals surface area contributed by atoms with E-state index in [2.05, 4.69) is 33.8 Å². The van der Waals surface area contributed by atoms with Crippen LogP contribution in [0.15, 0.2) is 6.07 Å². The monoisotopic (exact) mass is 226 g/mol. The number of hydrogen-bond acceptors (Lipinski definition) is 0. The van der Waals surface area contributed by atoms with Crippen molar-refractivity contribution in [2.45, 2.75) is 59.3 Å². The summed E-state index contributed by atoms with van der Waals surface area (Å²) in [6.07, 6.45) is 5.47. The molecule has 0 amide bonds. The first-order chi connectivity index (χ1) is 8.00. The Morgan fingerprint density at radius 1 is 1.00 bits per heavy atom. The SMILES string of the molecule is [B]c1c(C)cc(C2CCC(C)CC2)c(C)c1C. The zero-order valence-corrected chi connectivity index (χ0v) is 11.6. The van der Waals surface area contributed by atoms with Gasteiger partial charge in [-0.25, -0.2) is 0 Å². The second-order valence-electron chi connectivity index (χ2n) is 5.90. The summed E-state index contributed by atoms with van der Waals surface area (Å²) in [6, 6.07) is 2.33. The van der Waals surface area contributed by atoms with Crippen molar-refractivity contribution in [2.24, 2.45) is 5.92 Å². The summed E-state index contributed by atoms with van der Waals surface area (Å²) in [5.41, 5.74) is 6.50. The molecule has 1 aromatic rings. The molecule has 0 nitrogen and oxygen atoms in total. The van der Waals surface area contributed by atoms with Crippen LogP contribution in [0.5, 0.6) is 0 Å². The molecule has 17 heavy (non-hydrogen) atoms. The van der Waals surface area contributed by atoms with Gasteiger partial charge in [-0.1, -0.05) is 42.4 Å². The Morgan fingerprint density at radius 3 is 2.18 bits per heavy atom. The van der Waals surface area contributed by atoms with Crippen molar-refractivity contribution in [3.63, 3.8) is 0 Å². The molecule has 0 atom stereocenters. The maximum absolute atomic E-state index is 6.10. The quantitative estimate of drug-likeness (QED) is 0.640. The lowest BCUT2D eigenvalue weighted by atomic mass is 9.74. The predicted octanol–water partition coefficient (Wildman–Crippen LogP) is 3.70. The highest BCUT2D eigenvalue weighted by Crippen LogP contribution is 2.37. The summed E-state index contributed by atoms with van der Waals surface area (Å²) in [6.45, 7) is 8.91. The van der Waals surface area contributed by atoms with Crippen molar-refractivity contribution in [1.29, 1.82) is 0 Å². The van der Waals surface area contributed by atoms with Crippen LogP contribution < -0.4 is 5.46 Å². The van der Waals surface area contributed by atoms with Gasteiger partial charge in [0, 0.05) is 0 Å². The Kier molecular flexibility index (Phi) is 3.65. The topological polar surface area (TPSA) is 0 Å². The highest BCUT2D eigenvalue weighted by atomic mass is 14.3. The van der Waals surface area contributed by atoms with Crippen LogP contribution in [0.1, 0.15) is 60.8 Å². The van der Waals surface area contributed by atoms with Gasteiger partial charge in [0.25, 0.3) is 0 Å². The van der Waals surface area contributed by atoms with Gasteiger partial charge in [-0.15, -0.1) is 0 Å². The number of aryl methyl sites for hydroxylation is 1. The normalized spacial score (nSPS) is 24.9. The average Bonchev–Trinajstić information content (AvgIpc) is 2.32. The predicted molar refractivity (Wildman–Crippen MR) is 76.4 cm³/mol. The maximum atomic E-state index is 6.10. The van der Waals surface area contributed by atoms with Gasteiger partial charge in [0.15, 0.2) is 0 Å². The highest BCUT2D eigenvalue weighted by molar-refractivity contribution is 6.34. The van der Waals surface area contributed by atoms with Gasteiger partial charge in [-0.05, 0) is 56.6 Å². The van der Waals surface area contributed by atoms with Crippen LogP contribution in [-0.4, -0.2) is 7.85 Å². The molecule has 0 bridgehead atoms. The Hall–Kier alpha value is -0.715. The minimum Gasteiger partial charge on any atom is -0.0907 e. The smallest absolute Gasteiger partial charge is 0.0907 e. The number of rotatable bonds is 1. The molecule has 0 spiro atoms. The number of hydrogen-bond donors (Lipinski definition) is 0. The molecule has 0 aromatic heterocycles. The molecule has 0 heterocycles. The second-order valence-corrected chi connectivity index (χ2v) is 5.90. The van der Waals surface area contributed by atoms with Gasteiger partial charge in [-0.3, -0.25) is 0 Å². The lowest BCUT2D eigenvalue weighted by Gasteiger charge is -2.29. The molecular weight excluding hydrogens is 203 g/mol. The molecule has 1 fully saturated rings. The molecule has 1 saturated carbocycles. The van der Waals surface area contributed by atoms with Gasteiger partial charge in [-0.2, -0.15) is 0 Å². The number of benzene rings is 1. The van der Waals surface area contributed by atoms with Crippen LogP contribution in [0.3, 0.4) is 0 Å². The first kappa shape index (κ1) is 12.7. The molecule has 1 aliphatic carbocycles. The summed E-state index contributed by atoms with van der Waals surface area (Å²) in [5, 5.41) is 0.